The molecule has 0 aliphatic rings. The Morgan fingerprint density at radius 1 is 0.795 bits per heavy atom. The Labute approximate surface area is 232 Å². The highest BCUT2D eigenvalue weighted by molar-refractivity contribution is 6.30. The first-order valence-corrected chi connectivity index (χ1v) is 12.9. The molecular formula is C31H28ClN3O4. The van der Waals surface area contributed by atoms with E-state index in [1.807, 2.05) is 36.4 Å². The molecule has 0 bridgehead atoms. The SMILES string of the molecule is O=C(O)CCN(CCc1ccncc1)C(=O)c1ccccc1-c1ccccc1C(=O)NCc1cccc(Cl)c1. The molecule has 4 rings (SSSR count). The van der Waals surface area contributed by atoms with Crippen molar-refractivity contribution in [2.45, 2.75) is 19.4 Å². The van der Waals surface area contributed by atoms with Gasteiger partial charge in [-0.05, 0) is 65.1 Å². The van der Waals surface area contributed by atoms with Crippen molar-refractivity contribution < 1.29 is 19.5 Å². The van der Waals surface area contributed by atoms with E-state index in [2.05, 4.69) is 10.3 Å². The highest BCUT2D eigenvalue weighted by Gasteiger charge is 2.22. The van der Waals surface area contributed by atoms with Gasteiger partial charge in [-0.15, -0.1) is 0 Å². The second-order valence-corrected chi connectivity index (χ2v) is 9.38. The molecule has 0 aliphatic heterocycles. The van der Waals surface area contributed by atoms with Gasteiger partial charge in [0.05, 0.1) is 6.42 Å². The summed E-state index contributed by atoms with van der Waals surface area (Å²) in [4.78, 5) is 43.9. The van der Waals surface area contributed by atoms with Gasteiger partial charge in [-0.2, -0.15) is 0 Å². The van der Waals surface area contributed by atoms with Crippen LogP contribution in [0, 0.1) is 0 Å². The van der Waals surface area contributed by atoms with E-state index in [1.165, 1.54) is 0 Å². The van der Waals surface area contributed by atoms with E-state index in [1.54, 1.807) is 65.8 Å². The fraction of sp³-hybridized carbons (Fsp3) is 0.161. The van der Waals surface area contributed by atoms with E-state index in [9.17, 15) is 19.5 Å². The predicted molar refractivity (Wildman–Crippen MR) is 151 cm³/mol. The first-order chi connectivity index (χ1) is 18.9. The molecule has 39 heavy (non-hydrogen) atoms. The molecule has 4 aromatic rings. The van der Waals surface area contributed by atoms with Crippen LogP contribution in [0.1, 0.15) is 38.3 Å². The molecule has 198 valence electrons. The number of carboxylic acid groups (broad SMARTS) is 1. The molecule has 0 atom stereocenters. The summed E-state index contributed by atoms with van der Waals surface area (Å²) < 4.78 is 0. The summed E-state index contributed by atoms with van der Waals surface area (Å²) in [6.07, 6.45) is 3.75. The standard InChI is InChI=1S/C31H28ClN3O4/c32-24-7-5-6-23(20-24)21-34-30(38)27-10-3-1-8-25(27)26-9-2-4-11-28(26)31(39)35(19-15-29(36)37)18-14-22-12-16-33-17-13-22/h1-13,16-17,20H,14-15,18-19,21H2,(H,34,38)(H,36,37). The third kappa shape index (κ3) is 7.52. The maximum Gasteiger partial charge on any atom is 0.305 e. The molecular weight excluding hydrogens is 514 g/mol. The molecule has 2 N–H and O–H groups in total. The monoisotopic (exact) mass is 541 g/mol. The van der Waals surface area contributed by atoms with Crippen molar-refractivity contribution in [1.29, 1.82) is 0 Å². The second kappa shape index (κ2) is 13.3. The zero-order chi connectivity index (χ0) is 27.6. The topological polar surface area (TPSA) is 99.6 Å². The normalized spacial score (nSPS) is 10.6. The van der Waals surface area contributed by atoms with Crippen LogP contribution < -0.4 is 5.32 Å². The first kappa shape index (κ1) is 27.5. The third-order valence-corrected chi connectivity index (χ3v) is 6.50. The largest absolute Gasteiger partial charge is 0.481 e. The Hall–Kier alpha value is -4.49. The number of carboxylic acids is 1. The van der Waals surface area contributed by atoms with E-state index in [-0.39, 0.29) is 24.8 Å². The fourth-order valence-electron chi connectivity index (χ4n) is 4.27. The van der Waals surface area contributed by atoms with Gasteiger partial charge in [0.25, 0.3) is 11.8 Å². The van der Waals surface area contributed by atoms with Crippen molar-refractivity contribution in [3.05, 3.63) is 125 Å². The summed E-state index contributed by atoms with van der Waals surface area (Å²) in [5.74, 6) is -1.56. The van der Waals surface area contributed by atoms with Gasteiger partial charge in [-0.1, -0.05) is 60.1 Å². The molecule has 8 heteroatoms. The number of pyridine rings is 1. The lowest BCUT2D eigenvalue weighted by molar-refractivity contribution is -0.137. The third-order valence-electron chi connectivity index (χ3n) is 6.26. The molecule has 7 nitrogen and oxygen atoms in total. The number of nitrogens with one attached hydrogen (secondary N) is 1. The van der Waals surface area contributed by atoms with Crippen molar-refractivity contribution in [3.63, 3.8) is 0 Å². The molecule has 1 heterocycles. The zero-order valence-corrected chi connectivity index (χ0v) is 22.0. The number of rotatable bonds is 11. The van der Waals surface area contributed by atoms with Gasteiger partial charge >= 0.3 is 5.97 Å². The highest BCUT2D eigenvalue weighted by Crippen LogP contribution is 2.28. The summed E-state index contributed by atoms with van der Waals surface area (Å²) in [5.41, 5.74) is 3.89. The van der Waals surface area contributed by atoms with Gasteiger partial charge in [0.1, 0.15) is 0 Å². The van der Waals surface area contributed by atoms with Crippen molar-refractivity contribution >= 4 is 29.4 Å². The average molecular weight is 542 g/mol. The summed E-state index contributed by atoms with van der Waals surface area (Å²) in [6.45, 7) is 0.702. The van der Waals surface area contributed by atoms with Crippen molar-refractivity contribution in [1.82, 2.24) is 15.2 Å². The van der Waals surface area contributed by atoms with Crippen LogP contribution in [-0.2, 0) is 17.8 Å². The van der Waals surface area contributed by atoms with E-state index in [0.29, 0.717) is 46.8 Å². The minimum absolute atomic E-state index is 0.0648. The predicted octanol–water partition coefficient (Wildman–Crippen LogP) is 5.49. The summed E-state index contributed by atoms with van der Waals surface area (Å²) in [6, 6.07) is 25.2. The second-order valence-electron chi connectivity index (χ2n) is 8.95. The number of hydrogen-bond donors (Lipinski definition) is 2. The molecule has 3 aromatic carbocycles. The minimum atomic E-state index is -0.980. The molecule has 0 unspecified atom stereocenters. The fourth-order valence-corrected chi connectivity index (χ4v) is 4.49. The van der Waals surface area contributed by atoms with Gasteiger partial charge in [0.15, 0.2) is 0 Å². The maximum atomic E-state index is 13.8. The van der Waals surface area contributed by atoms with Crippen LogP contribution in [0.3, 0.4) is 0 Å². The van der Waals surface area contributed by atoms with Crippen LogP contribution in [0.25, 0.3) is 11.1 Å². The summed E-state index contributed by atoms with van der Waals surface area (Å²) in [7, 11) is 0. The molecule has 0 saturated heterocycles. The van der Waals surface area contributed by atoms with Gasteiger partial charge < -0.3 is 15.3 Å². The summed E-state index contributed by atoms with van der Waals surface area (Å²) in [5, 5.41) is 12.8. The van der Waals surface area contributed by atoms with E-state index >= 15 is 0 Å². The molecule has 0 aliphatic carbocycles. The maximum absolute atomic E-state index is 13.8. The molecule has 0 fully saturated rings. The minimum Gasteiger partial charge on any atom is -0.481 e. The Morgan fingerprint density at radius 2 is 1.46 bits per heavy atom. The van der Waals surface area contributed by atoms with Gasteiger partial charge in [-0.25, -0.2) is 0 Å². The molecule has 0 saturated carbocycles. The smallest absolute Gasteiger partial charge is 0.305 e. The molecule has 0 radical (unpaired) electrons. The lowest BCUT2D eigenvalue weighted by atomic mass is 9.94. The average Bonchev–Trinajstić information content (AvgIpc) is 2.96. The van der Waals surface area contributed by atoms with Crippen molar-refractivity contribution in [3.8, 4) is 11.1 Å². The van der Waals surface area contributed by atoms with Gasteiger partial charge in [-0.3, -0.25) is 19.4 Å². The Balaban J connectivity index is 1.60. The van der Waals surface area contributed by atoms with Crippen LogP contribution in [0.2, 0.25) is 5.02 Å². The Bertz CT molecular complexity index is 1460. The van der Waals surface area contributed by atoms with Crippen molar-refractivity contribution in [2.24, 2.45) is 0 Å². The number of carbonyl (C=O) groups is 3. The van der Waals surface area contributed by atoms with Crippen LogP contribution in [0.4, 0.5) is 0 Å². The molecule has 2 amide bonds. The van der Waals surface area contributed by atoms with Gasteiger partial charge in [0.2, 0.25) is 0 Å². The highest BCUT2D eigenvalue weighted by atomic mass is 35.5. The lowest BCUT2D eigenvalue weighted by Crippen LogP contribution is -2.35. The van der Waals surface area contributed by atoms with E-state index in [0.717, 1.165) is 11.1 Å². The van der Waals surface area contributed by atoms with E-state index < -0.39 is 5.97 Å². The number of benzene rings is 3. The number of halogens is 1. The Morgan fingerprint density at radius 3 is 2.15 bits per heavy atom. The lowest BCUT2D eigenvalue weighted by Gasteiger charge is -2.24. The van der Waals surface area contributed by atoms with Crippen LogP contribution >= 0.6 is 11.6 Å². The quantitative estimate of drug-likeness (QED) is 0.261. The van der Waals surface area contributed by atoms with Crippen LogP contribution in [-0.4, -0.2) is 45.9 Å². The first-order valence-electron chi connectivity index (χ1n) is 12.5. The number of aliphatic carboxylic acids is 1. The number of aromatic nitrogens is 1. The number of carbonyl (C=O) groups excluding carboxylic acids is 2. The van der Waals surface area contributed by atoms with Crippen LogP contribution in [0.5, 0.6) is 0 Å². The van der Waals surface area contributed by atoms with Gasteiger partial charge in [0, 0.05) is 48.2 Å². The molecule has 0 spiro atoms. The summed E-state index contributed by atoms with van der Waals surface area (Å²) >= 11 is 6.07. The van der Waals surface area contributed by atoms with Crippen LogP contribution in [0.15, 0.2) is 97.3 Å². The Kier molecular flexibility index (Phi) is 9.43. The number of hydrogen-bond acceptors (Lipinski definition) is 4. The molecule has 1 aromatic heterocycles. The van der Waals surface area contributed by atoms with Crippen molar-refractivity contribution in [2.75, 3.05) is 13.1 Å². The zero-order valence-electron chi connectivity index (χ0n) is 21.2. The number of amides is 2. The van der Waals surface area contributed by atoms with E-state index in [4.69, 9.17) is 11.6 Å². The number of nitrogens with zero attached hydrogens (tertiary/aromatic N) is 2.